The maximum absolute atomic E-state index is 5.40. The number of benzene rings is 2. The summed E-state index contributed by atoms with van der Waals surface area (Å²) in [4.78, 5) is 4.78. The van der Waals surface area contributed by atoms with Crippen molar-refractivity contribution < 1.29 is 9.47 Å². The molecular weight excluding hydrogens is 404 g/mol. The normalized spacial score (nSPS) is 11.4. The molecule has 0 amide bonds. The second-order valence-corrected chi connectivity index (χ2v) is 7.59. The number of nitrogens with one attached hydrogen (secondary N) is 1. The van der Waals surface area contributed by atoms with E-state index in [2.05, 4.69) is 62.4 Å². The van der Waals surface area contributed by atoms with Crippen molar-refractivity contribution in [1.82, 2.24) is 30.2 Å². The number of aromatic nitrogens is 6. The molecule has 0 spiro atoms. The molecule has 166 valence electrons. The van der Waals surface area contributed by atoms with Crippen LogP contribution in [0.5, 0.6) is 0 Å². The van der Waals surface area contributed by atoms with Gasteiger partial charge in [-0.2, -0.15) is 5.21 Å². The van der Waals surface area contributed by atoms with E-state index in [0.29, 0.717) is 5.82 Å². The molecule has 2 aromatic carbocycles. The Morgan fingerprint density at radius 2 is 1.75 bits per heavy atom. The van der Waals surface area contributed by atoms with Crippen molar-refractivity contribution in [2.75, 3.05) is 14.2 Å². The molecule has 0 aliphatic carbocycles. The van der Waals surface area contributed by atoms with Gasteiger partial charge >= 0.3 is 0 Å². The van der Waals surface area contributed by atoms with Gasteiger partial charge in [-0.1, -0.05) is 61.9 Å². The Balaban J connectivity index is 1.59. The summed E-state index contributed by atoms with van der Waals surface area (Å²) >= 11 is 0. The fraction of sp³-hybridized carbons (Fsp3) is 0.333. The number of nitrogens with zero attached hydrogens (tertiary/aromatic N) is 5. The predicted molar refractivity (Wildman–Crippen MR) is 122 cm³/mol. The smallest absolute Gasteiger partial charge is 0.205 e. The van der Waals surface area contributed by atoms with E-state index in [-0.39, 0.29) is 0 Å². The molecule has 0 saturated carbocycles. The molecule has 0 fully saturated rings. The maximum atomic E-state index is 5.40. The van der Waals surface area contributed by atoms with Crippen molar-refractivity contribution in [1.29, 1.82) is 0 Å². The first kappa shape index (κ1) is 21.9. The Labute approximate surface area is 187 Å². The van der Waals surface area contributed by atoms with Crippen molar-refractivity contribution >= 4 is 0 Å². The zero-order valence-electron chi connectivity index (χ0n) is 18.7. The molecule has 0 atom stereocenters. The van der Waals surface area contributed by atoms with Gasteiger partial charge in [0.05, 0.1) is 0 Å². The third-order valence-electron chi connectivity index (χ3n) is 5.43. The van der Waals surface area contributed by atoms with Gasteiger partial charge in [0.1, 0.15) is 11.5 Å². The molecule has 4 rings (SSSR count). The molecule has 8 nitrogen and oxygen atoms in total. The van der Waals surface area contributed by atoms with Crippen LogP contribution < -0.4 is 0 Å². The van der Waals surface area contributed by atoms with Gasteiger partial charge < -0.3 is 14.0 Å². The van der Waals surface area contributed by atoms with E-state index in [1.54, 1.807) is 14.2 Å². The highest BCUT2D eigenvalue weighted by molar-refractivity contribution is 5.80. The van der Waals surface area contributed by atoms with Crippen LogP contribution in [0.4, 0.5) is 0 Å². The lowest BCUT2D eigenvalue weighted by atomic mass is 9.98. The second-order valence-electron chi connectivity index (χ2n) is 7.59. The lowest BCUT2D eigenvalue weighted by Crippen LogP contribution is -2.04. The average molecular weight is 433 g/mol. The van der Waals surface area contributed by atoms with Gasteiger partial charge in [-0.05, 0) is 28.3 Å². The number of rotatable bonds is 10. The molecular formula is C24H28N6O2. The van der Waals surface area contributed by atoms with Crippen LogP contribution in [0.1, 0.15) is 43.1 Å². The van der Waals surface area contributed by atoms with Crippen molar-refractivity contribution in [3.8, 4) is 22.5 Å². The Hall–Kier alpha value is -3.36. The van der Waals surface area contributed by atoms with Gasteiger partial charge in [0.2, 0.25) is 12.1 Å². The summed E-state index contributed by atoms with van der Waals surface area (Å²) in [5.41, 5.74) is 5.11. The number of imidazole rings is 1. The topological polar surface area (TPSA) is 90.7 Å². The van der Waals surface area contributed by atoms with Gasteiger partial charge in [0, 0.05) is 38.9 Å². The van der Waals surface area contributed by atoms with Crippen LogP contribution in [0.2, 0.25) is 0 Å². The van der Waals surface area contributed by atoms with Gasteiger partial charge in [0.15, 0.2) is 0 Å². The van der Waals surface area contributed by atoms with E-state index in [9.17, 15) is 0 Å². The fourth-order valence-corrected chi connectivity index (χ4v) is 3.79. The van der Waals surface area contributed by atoms with E-state index in [4.69, 9.17) is 14.5 Å². The number of ether oxygens (including phenoxy) is 2. The number of unbranched alkanes of at least 4 members (excludes halogenated alkanes) is 1. The second kappa shape index (κ2) is 10.3. The number of aryl methyl sites for hydroxylation is 1. The van der Waals surface area contributed by atoms with Gasteiger partial charge in [0.25, 0.3) is 0 Å². The maximum Gasteiger partial charge on any atom is 0.205 e. The molecule has 2 aromatic heterocycles. The number of hydrogen-bond acceptors (Lipinski definition) is 6. The number of H-pyrrole nitrogens is 1. The molecule has 4 aromatic rings. The molecule has 0 saturated heterocycles. The third kappa shape index (κ3) is 4.76. The number of methoxy groups -OCH3 is 2. The summed E-state index contributed by atoms with van der Waals surface area (Å²) in [6, 6.07) is 16.6. The van der Waals surface area contributed by atoms with Crippen LogP contribution in [0.15, 0.2) is 54.7 Å². The minimum absolute atomic E-state index is 0.458. The van der Waals surface area contributed by atoms with E-state index in [1.165, 1.54) is 5.56 Å². The number of aromatic amines is 1. The van der Waals surface area contributed by atoms with Crippen LogP contribution in [-0.2, 0) is 22.4 Å². The Morgan fingerprint density at radius 1 is 1.00 bits per heavy atom. The third-order valence-corrected chi connectivity index (χ3v) is 5.43. The predicted octanol–water partition coefficient (Wildman–Crippen LogP) is 4.41. The van der Waals surface area contributed by atoms with Crippen LogP contribution >= 0.6 is 0 Å². The molecule has 0 unspecified atom stereocenters. The molecule has 0 bridgehead atoms. The van der Waals surface area contributed by atoms with E-state index in [1.807, 2.05) is 24.4 Å². The highest BCUT2D eigenvalue weighted by atomic mass is 16.7. The summed E-state index contributed by atoms with van der Waals surface area (Å²) in [5.74, 6) is 1.63. The van der Waals surface area contributed by atoms with Crippen molar-refractivity contribution in [2.45, 2.75) is 39.0 Å². The molecule has 0 aliphatic rings. The first-order valence-corrected chi connectivity index (χ1v) is 10.8. The Bertz CT molecular complexity index is 1120. The SMILES string of the molecule is CCCCc1nc(C(OC)OC)cn1Cc1ccc(-c2ccccc2-c2nn[nH]n2)cc1. The highest BCUT2D eigenvalue weighted by Crippen LogP contribution is 2.30. The zero-order valence-corrected chi connectivity index (χ0v) is 18.7. The van der Waals surface area contributed by atoms with Crippen molar-refractivity contribution in [2.24, 2.45) is 0 Å². The number of tetrazole rings is 1. The summed E-state index contributed by atoms with van der Waals surface area (Å²) < 4.78 is 13.0. The molecule has 32 heavy (non-hydrogen) atoms. The van der Waals surface area contributed by atoms with Crippen LogP contribution in [-0.4, -0.2) is 44.4 Å². The van der Waals surface area contributed by atoms with Gasteiger partial charge in [-0.3, -0.25) is 0 Å². The van der Waals surface area contributed by atoms with Crippen LogP contribution in [0, 0.1) is 0 Å². The first-order valence-electron chi connectivity index (χ1n) is 10.8. The van der Waals surface area contributed by atoms with Gasteiger partial charge in [-0.25, -0.2) is 4.98 Å². The number of hydrogen-bond donors (Lipinski definition) is 1. The van der Waals surface area contributed by atoms with E-state index < -0.39 is 6.29 Å². The Kier molecular flexibility index (Phi) is 7.03. The molecule has 8 heteroatoms. The minimum Gasteiger partial charge on any atom is -0.350 e. The van der Waals surface area contributed by atoms with Gasteiger partial charge in [-0.15, -0.1) is 10.2 Å². The quantitative estimate of drug-likeness (QED) is 0.373. The molecule has 0 aliphatic heterocycles. The van der Waals surface area contributed by atoms with E-state index >= 15 is 0 Å². The monoisotopic (exact) mass is 432 g/mol. The first-order chi connectivity index (χ1) is 15.7. The summed E-state index contributed by atoms with van der Waals surface area (Å²) in [7, 11) is 3.26. The van der Waals surface area contributed by atoms with Crippen LogP contribution in [0.3, 0.4) is 0 Å². The average Bonchev–Trinajstić information content (AvgIpc) is 3.50. The molecule has 1 N–H and O–H groups in total. The van der Waals surface area contributed by atoms with E-state index in [0.717, 1.165) is 54.0 Å². The lowest BCUT2D eigenvalue weighted by Gasteiger charge is -2.10. The lowest BCUT2D eigenvalue weighted by molar-refractivity contribution is -0.108. The summed E-state index contributed by atoms with van der Waals surface area (Å²) in [6.07, 6.45) is 4.71. The fourth-order valence-electron chi connectivity index (χ4n) is 3.79. The Morgan fingerprint density at radius 3 is 2.41 bits per heavy atom. The largest absolute Gasteiger partial charge is 0.350 e. The standard InChI is InChI=1S/C24H28N6O2/c1-4-5-10-22-25-21(24(31-2)32-3)16-30(22)15-17-11-13-18(14-12-17)19-8-6-7-9-20(19)23-26-28-29-27-23/h6-9,11-14,16,24H,4-5,10,15H2,1-3H3,(H,26,27,28,29). The van der Waals surface area contributed by atoms with Crippen molar-refractivity contribution in [3.63, 3.8) is 0 Å². The van der Waals surface area contributed by atoms with Crippen LogP contribution in [0.25, 0.3) is 22.5 Å². The highest BCUT2D eigenvalue weighted by Gasteiger charge is 2.17. The summed E-state index contributed by atoms with van der Waals surface area (Å²) in [6.45, 7) is 2.92. The minimum atomic E-state index is -0.458. The molecule has 0 radical (unpaired) electrons. The zero-order chi connectivity index (χ0) is 22.3. The molecule has 2 heterocycles. The van der Waals surface area contributed by atoms with Crippen molar-refractivity contribution in [3.05, 3.63) is 71.8 Å². The summed E-state index contributed by atoms with van der Waals surface area (Å²) in [5, 5.41) is 14.5.